The molecule has 170 valence electrons. The predicted molar refractivity (Wildman–Crippen MR) is 118 cm³/mol. The number of nitrogens with two attached hydrogens (primary N) is 1. The zero-order valence-electron chi connectivity index (χ0n) is 17.7. The van der Waals surface area contributed by atoms with Crippen LogP contribution in [0.15, 0.2) is 41.6 Å². The quantitative estimate of drug-likeness (QED) is 0.535. The van der Waals surface area contributed by atoms with Gasteiger partial charge in [-0.2, -0.15) is 18.3 Å². The molecule has 0 saturated heterocycles. The minimum Gasteiger partial charge on any atom is -0.399 e. The Morgan fingerprint density at radius 2 is 2.09 bits per heavy atom. The number of anilines is 3. The summed E-state index contributed by atoms with van der Waals surface area (Å²) in [4.78, 5) is 1.71. The van der Waals surface area contributed by atoms with Crippen molar-refractivity contribution in [2.24, 2.45) is 0 Å². The molecule has 0 spiro atoms. The van der Waals surface area contributed by atoms with Gasteiger partial charge in [0.1, 0.15) is 0 Å². The van der Waals surface area contributed by atoms with E-state index in [2.05, 4.69) is 20.8 Å². The van der Waals surface area contributed by atoms with Crippen LogP contribution in [0, 0.1) is 0 Å². The van der Waals surface area contributed by atoms with Crippen LogP contribution in [0.25, 0.3) is 6.08 Å². The fourth-order valence-corrected chi connectivity index (χ4v) is 4.01. The third-order valence-corrected chi connectivity index (χ3v) is 5.79. The van der Waals surface area contributed by atoms with Crippen molar-refractivity contribution in [3.05, 3.63) is 58.3 Å². The molecule has 10 heteroatoms. The van der Waals surface area contributed by atoms with Crippen molar-refractivity contribution < 1.29 is 18.3 Å². The van der Waals surface area contributed by atoms with Crippen molar-refractivity contribution in [3.63, 3.8) is 0 Å². The lowest BCUT2D eigenvalue weighted by molar-refractivity contribution is -0.137. The number of aliphatic hydroxyl groups is 1. The number of halogens is 3. The number of nitrogens with zero attached hydrogens (tertiary/aromatic N) is 3. The lowest BCUT2D eigenvalue weighted by Gasteiger charge is -2.35. The van der Waals surface area contributed by atoms with E-state index in [4.69, 9.17) is 5.73 Å². The van der Waals surface area contributed by atoms with E-state index in [-0.39, 0.29) is 5.69 Å². The average molecular weight is 446 g/mol. The molecular weight excluding hydrogens is 421 g/mol. The number of hydrogen-bond donors (Lipinski definition) is 4. The predicted octanol–water partition coefficient (Wildman–Crippen LogP) is 3.32. The normalized spacial score (nSPS) is 19.7. The van der Waals surface area contributed by atoms with Crippen LogP contribution in [-0.4, -0.2) is 41.7 Å². The molecule has 0 amide bonds. The maximum atomic E-state index is 13.2. The number of aliphatic hydroxyl groups excluding tert-OH is 1. The molecule has 5 N–H and O–H groups in total. The van der Waals surface area contributed by atoms with E-state index < -0.39 is 24.0 Å². The van der Waals surface area contributed by atoms with Crippen molar-refractivity contribution in [1.29, 1.82) is 0 Å². The number of hydrogen-bond acceptors (Lipinski definition) is 7. The summed E-state index contributed by atoms with van der Waals surface area (Å²) in [5.41, 5.74) is 8.55. The molecule has 0 radical (unpaired) electrons. The first kappa shape index (κ1) is 22.1. The van der Waals surface area contributed by atoms with Gasteiger partial charge >= 0.3 is 6.18 Å². The molecule has 1 aromatic heterocycles. The Bertz CT molecular complexity index is 1080. The van der Waals surface area contributed by atoms with E-state index in [1.165, 1.54) is 6.07 Å². The summed E-state index contributed by atoms with van der Waals surface area (Å²) in [6.45, 7) is 3.28. The van der Waals surface area contributed by atoms with E-state index in [9.17, 15) is 18.3 Å². The maximum absolute atomic E-state index is 13.2. The van der Waals surface area contributed by atoms with Gasteiger partial charge in [-0.05, 0) is 55.3 Å². The fourth-order valence-electron chi connectivity index (χ4n) is 4.01. The molecule has 0 bridgehead atoms. The third kappa shape index (κ3) is 4.28. The Morgan fingerprint density at radius 1 is 1.31 bits per heavy atom. The van der Waals surface area contributed by atoms with E-state index in [0.29, 0.717) is 22.6 Å². The van der Waals surface area contributed by atoms with Crippen LogP contribution in [0.5, 0.6) is 0 Å². The van der Waals surface area contributed by atoms with Crippen molar-refractivity contribution in [3.8, 4) is 0 Å². The lowest BCUT2D eigenvalue weighted by Crippen LogP contribution is -2.38. The molecule has 0 aliphatic carbocycles. The van der Waals surface area contributed by atoms with E-state index in [0.717, 1.165) is 42.8 Å². The second-order valence-electron chi connectivity index (χ2n) is 8.01. The Morgan fingerprint density at radius 3 is 2.78 bits per heavy atom. The number of alkyl halides is 3. The summed E-state index contributed by atoms with van der Waals surface area (Å²) in [6, 6.07) is 2.98. The standard InChI is InChI=1S/C22H25F3N6O/c1-12(14-7-15(22(23,24)25)9-16(26)8-14)29-20-18-10-17(13-3-5-27-6-4-13)21(32)31(2)19(18)11-28-30-20/h3,7-12,21,27,32H,4-6,26H2,1-2H3,(H,29,30)/t12-,21?/m1/s1. The van der Waals surface area contributed by atoms with Gasteiger partial charge in [0.25, 0.3) is 0 Å². The van der Waals surface area contributed by atoms with Gasteiger partial charge in [-0.1, -0.05) is 6.08 Å². The van der Waals surface area contributed by atoms with E-state index in [1.807, 2.05) is 12.2 Å². The monoisotopic (exact) mass is 446 g/mol. The number of likely N-dealkylation sites (N-methyl/N-ethyl adjacent to an activating group) is 1. The van der Waals surface area contributed by atoms with Gasteiger partial charge in [0.2, 0.25) is 0 Å². The number of fused-ring (bicyclic) bond motifs is 1. The zero-order chi connectivity index (χ0) is 23.0. The number of nitrogen functional groups attached to an aromatic ring is 1. The summed E-state index contributed by atoms with van der Waals surface area (Å²) < 4.78 is 39.7. The molecule has 4 rings (SSSR count). The Hall–Kier alpha value is -3.11. The topological polar surface area (TPSA) is 99.3 Å². The molecule has 1 aromatic carbocycles. The van der Waals surface area contributed by atoms with Crippen LogP contribution in [0.4, 0.5) is 30.4 Å². The SMILES string of the molecule is C[C@@H](Nc1nncc2c1C=C(C1=CCNCC1)C(O)N2C)c1cc(N)cc(C(F)(F)F)c1. The zero-order valence-corrected chi connectivity index (χ0v) is 17.7. The first-order valence-corrected chi connectivity index (χ1v) is 10.3. The van der Waals surface area contributed by atoms with E-state index in [1.54, 1.807) is 25.1 Å². The van der Waals surface area contributed by atoms with Gasteiger partial charge in [0.05, 0.1) is 23.5 Å². The Kier molecular flexibility index (Phi) is 5.83. The number of nitrogens with one attached hydrogen (secondary N) is 2. The smallest absolute Gasteiger partial charge is 0.399 e. The second kappa shape index (κ2) is 8.44. The van der Waals surface area contributed by atoms with Crippen molar-refractivity contribution in [1.82, 2.24) is 15.5 Å². The number of aromatic nitrogens is 2. The molecule has 3 heterocycles. The molecule has 32 heavy (non-hydrogen) atoms. The van der Waals surface area contributed by atoms with Crippen molar-refractivity contribution in [2.45, 2.75) is 31.8 Å². The molecule has 0 saturated carbocycles. The molecule has 1 unspecified atom stereocenters. The maximum Gasteiger partial charge on any atom is 0.416 e. The van der Waals surface area contributed by atoms with Crippen LogP contribution in [-0.2, 0) is 6.18 Å². The Labute approximate surface area is 183 Å². The lowest BCUT2D eigenvalue weighted by atomic mass is 9.93. The van der Waals surface area contributed by atoms with Gasteiger partial charge < -0.3 is 26.4 Å². The fraction of sp³-hybridized carbons (Fsp3) is 0.364. The molecule has 2 aliphatic heterocycles. The number of rotatable bonds is 4. The minimum absolute atomic E-state index is 0.0348. The molecule has 2 atom stereocenters. The summed E-state index contributed by atoms with van der Waals surface area (Å²) in [5, 5.41) is 25.5. The first-order valence-electron chi connectivity index (χ1n) is 10.3. The highest BCUT2D eigenvalue weighted by Gasteiger charge is 2.32. The summed E-state index contributed by atoms with van der Waals surface area (Å²) >= 11 is 0. The molecule has 2 aromatic rings. The summed E-state index contributed by atoms with van der Waals surface area (Å²) in [5.74, 6) is 0.414. The second-order valence-corrected chi connectivity index (χ2v) is 8.01. The highest BCUT2D eigenvalue weighted by Crippen LogP contribution is 2.38. The first-order chi connectivity index (χ1) is 15.1. The van der Waals surface area contributed by atoms with Gasteiger partial charge in [0, 0.05) is 30.4 Å². The van der Waals surface area contributed by atoms with Crippen molar-refractivity contribution in [2.75, 3.05) is 36.1 Å². The van der Waals surface area contributed by atoms with Crippen LogP contribution >= 0.6 is 0 Å². The van der Waals surface area contributed by atoms with E-state index >= 15 is 0 Å². The third-order valence-electron chi connectivity index (χ3n) is 5.79. The highest BCUT2D eigenvalue weighted by atomic mass is 19.4. The van der Waals surface area contributed by atoms with Crippen LogP contribution in [0.1, 0.15) is 36.1 Å². The summed E-state index contributed by atoms with van der Waals surface area (Å²) in [7, 11) is 1.76. The van der Waals surface area contributed by atoms with Gasteiger partial charge in [0.15, 0.2) is 12.0 Å². The molecule has 0 fully saturated rings. The van der Waals surface area contributed by atoms with Gasteiger partial charge in [-0.25, -0.2) is 0 Å². The van der Waals surface area contributed by atoms with Gasteiger partial charge in [-0.3, -0.25) is 0 Å². The van der Waals surface area contributed by atoms with Crippen molar-refractivity contribution >= 4 is 23.3 Å². The highest BCUT2D eigenvalue weighted by molar-refractivity contribution is 5.82. The summed E-state index contributed by atoms with van der Waals surface area (Å²) in [6.07, 6.45) is 0.946. The molecular formula is C22H25F3N6O. The van der Waals surface area contributed by atoms with Crippen LogP contribution in [0.3, 0.4) is 0 Å². The Balaban J connectivity index is 1.70. The van der Waals surface area contributed by atoms with Crippen LogP contribution in [0.2, 0.25) is 0 Å². The largest absolute Gasteiger partial charge is 0.416 e. The minimum atomic E-state index is -4.49. The molecule has 2 aliphatic rings. The number of benzene rings is 1. The van der Waals surface area contributed by atoms with Gasteiger partial charge in [-0.15, -0.1) is 5.10 Å². The average Bonchev–Trinajstić information content (AvgIpc) is 2.76. The van der Waals surface area contributed by atoms with Crippen LogP contribution < -0.4 is 21.3 Å². The molecule has 7 nitrogen and oxygen atoms in total.